The zero-order valence-corrected chi connectivity index (χ0v) is 12.4. The first-order chi connectivity index (χ1) is 10.6. The predicted octanol–water partition coefficient (Wildman–Crippen LogP) is 2.22. The Morgan fingerprint density at radius 3 is 2.59 bits per heavy atom. The van der Waals surface area contributed by atoms with Crippen molar-refractivity contribution in [1.29, 1.82) is 0 Å². The summed E-state index contributed by atoms with van der Waals surface area (Å²) in [5.74, 6) is -0.339. The van der Waals surface area contributed by atoms with E-state index in [2.05, 4.69) is 10.6 Å². The molecule has 2 aromatic carbocycles. The van der Waals surface area contributed by atoms with Crippen LogP contribution in [0, 0.1) is 0 Å². The van der Waals surface area contributed by atoms with Gasteiger partial charge in [0.25, 0.3) is 5.91 Å². The fraction of sp³-hybridized carbons (Fsp3) is 0.222. The van der Waals surface area contributed by atoms with Gasteiger partial charge in [-0.15, -0.1) is 0 Å². The van der Waals surface area contributed by atoms with Gasteiger partial charge in [0.1, 0.15) is 6.04 Å². The molecule has 0 fully saturated rings. The SMILES string of the molecule is CC(NC(=O)C1Cc2ccccc2C(=O)N1)c1ccccc1. The van der Waals surface area contributed by atoms with E-state index in [0.29, 0.717) is 12.0 Å². The largest absolute Gasteiger partial charge is 0.348 e. The Balaban J connectivity index is 1.70. The Morgan fingerprint density at radius 1 is 1.14 bits per heavy atom. The van der Waals surface area contributed by atoms with E-state index in [9.17, 15) is 9.59 Å². The maximum absolute atomic E-state index is 12.4. The van der Waals surface area contributed by atoms with E-state index in [1.54, 1.807) is 6.07 Å². The molecule has 0 aromatic heterocycles. The summed E-state index contributed by atoms with van der Waals surface area (Å²) in [7, 11) is 0. The minimum atomic E-state index is -0.520. The van der Waals surface area contributed by atoms with Crippen molar-refractivity contribution in [3.05, 3.63) is 71.3 Å². The van der Waals surface area contributed by atoms with Gasteiger partial charge < -0.3 is 10.6 Å². The summed E-state index contributed by atoms with van der Waals surface area (Å²) in [6.07, 6.45) is 0.523. The van der Waals surface area contributed by atoms with Crippen molar-refractivity contribution in [3.63, 3.8) is 0 Å². The second-order valence-electron chi connectivity index (χ2n) is 5.53. The monoisotopic (exact) mass is 294 g/mol. The second-order valence-corrected chi connectivity index (χ2v) is 5.53. The van der Waals surface area contributed by atoms with E-state index >= 15 is 0 Å². The average molecular weight is 294 g/mol. The summed E-state index contributed by atoms with van der Waals surface area (Å²) >= 11 is 0. The van der Waals surface area contributed by atoms with Crippen LogP contribution in [-0.4, -0.2) is 17.9 Å². The first kappa shape index (κ1) is 14.3. The third-order valence-electron chi connectivity index (χ3n) is 3.97. The number of amides is 2. The summed E-state index contributed by atoms with van der Waals surface area (Å²) in [6.45, 7) is 1.94. The van der Waals surface area contributed by atoms with Crippen molar-refractivity contribution in [2.75, 3.05) is 0 Å². The fourth-order valence-electron chi connectivity index (χ4n) is 2.72. The molecule has 2 amide bonds. The van der Waals surface area contributed by atoms with Gasteiger partial charge in [-0.3, -0.25) is 9.59 Å². The molecule has 1 aliphatic heterocycles. The highest BCUT2D eigenvalue weighted by Gasteiger charge is 2.29. The van der Waals surface area contributed by atoms with Crippen LogP contribution in [0.2, 0.25) is 0 Å². The van der Waals surface area contributed by atoms with Crippen LogP contribution in [0.25, 0.3) is 0 Å². The van der Waals surface area contributed by atoms with Gasteiger partial charge in [-0.05, 0) is 24.1 Å². The Labute approximate surface area is 129 Å². The normalized spacial score (nSPS) is 18.0. The van der Waals surface area contributed by atoms with Crippen LogP contribution in [0.15, 0.2) is 54.6 Å². The molecule has 4 heteroatoms. The summed E-state index contributed by atoms with van der Waals surface area (Å²) in [4.78, 5) is 24.5. The molecule has 0 spiro atoms. The molecular weight excluding hydrogens is 276 g/mol. The van der Waals surface area contributed by atoms with Crippen LogP contribution >= 0.6 is 0 Å². The van der Waals surface area contributed by atoms with Crippen LogP contribution in [-0.2, 0) is 11.2 Å². The topological polar surface area (TPSA) is 58.2 Å². The zero-order valence-electron chi connectivity index (χ0n) is 12.4. The molecule has 3 rings (SSSR count). The summed E-state index contributed by atoms with van der Waals surface area (Å²) < 4.78 is 0. The van der Waals surface area contributed by atoms with Gasteiger partial charge in [0, 0.05) is 12.0 Å². The Kier molecular flexibility index (Phi) is 3.92. The standard InChI is InChI=1S/C18H18N2O2/c1-12(13-7-3-2-4-8-13)19-18(22)16-11-14-9-5-6-10-15(14)17(21)20-16/h2-10,12,16H,11H2,1H3,(H,19,22)(H,20,21). The molecule has 22 heavy (non-hydrogen) atoms. The predicted molar refractivity (Wildman–Crippen MR) is 84.4 cm³/mol. The third kappa shape index (κ3) is 2.86. The van der Waals surface area contributed by atoms with Crippen LogP contribution in [0.5, 0.6) is 0 Å². The van der Waals surface area contributed by atoms with Gasteiger partial charge in [0.2, 0.25) is 5.91 Å². The number of carbonyl (C=O) groups is 2. The highest BCUT2D eigenvalue weighted by atomic mass is 16.2. The van der Waals surface area contributed by atoms with Crippen molar-refractivity contribution in [2.45, 2.75) is 25.4 Å². The highest BCUT2D eigenvalue weighted by molar-refractivity contribution is 6.00. The Morgan fingerprint density at radius 2 is 1.82 bits per heavy atom. The lowest BCUT2D eigenvalue weighted by Gasteiger charge is -2.26. The number of hydrogen-bond donors (Lipinski definition) is 2. The zero-order chi connectivity index (χ0) is 15.5. The van der Waals surface area contributed by atoms with Crippen molar-refractivity contribution in [3.8, 4) is 0 Å². The second kappa shape index (κ2) is 6.02. The summed E-state index contributed by atoms with van der Waals surface area (Å²) in [5, 5.41) is 5.74. The van der Waals surface area contributed by atoms with Gasteiger partial charge in [-0.2, -0.15) is 0 Å². The maximum Gasteiger partial charge on any atom is 0.252 e. The molecule has 2 aromatic rings. The molecule has 1 aliphatic rings. The maximum atomic E-state index is 12.4. The van der Waals surface area contributed by atoms with Crippen LogP contribution < -0.4 is 10.6 Å². The van der Waals surface area contributed by atoms with Gasteiger partial charge in [-0.25, -0.2) is 0 Å². The third-order valence-corrected chi connectivity index (χ3v) is 3.97. The molecule has 2 N–H and O–H groups in total. The fourth-order valence-corrected chi connectivity index (χ4v) is 2.72. The average Bonchev–Trinajstić information content (AvgIpc) is 2.55. The van der Waals surface area contributed by atoms with E-state index in [1.807, 2.05) is 55.5 Å². The molecule has 0 saturated heterocycles. The Hall–Kier alpha value is -2.62. The lowest BCUT2D eigenvalue weighted by molar-refractivity contribution is -0.123. The van der Waals surface area contributed by atoms with Crippen molar-refractivity contribution in [2.24, 2.45) is 0 Å². The minimum absolute atomic E-state index is 0.0947. The van der Waals surface area contributed by atoms with Gasteiger partial charge in [-0.1, -0.05) is 48.5 Å². The Bertz CT molecular complexity index is 697. The lowest BCUT2D eigenvalue weighted by atomic mass is 9.94. The van der Waals surface area contributed by atoms with Gasteiger partial charge in [0.05, 0.1) is 6.04 Å². The van der Waals surface area contributed by atoms with Crippen molar-refractivity contribution >= 4 is 11.8 Å². The van der Waals surface area contributed by atoms with Crippen LogP contribution in [0.4, 0.5) is 0 Å². The number of carbonyl (C=O) groups excluding carboxylic acids is 2. The van der Waals surface area contributed by atoms with Crippen molar-refractivity contribution < 1.29 is 9.59 Å². The van der Waals surface area contributed by atoms with E-state index < -0.39 is 6.04 Å². The molecule has 0 radical (unpaired) electrons. The quantitative estimate of drug-likeness (QED) is 0.912. The van der Waals surface area contributed by atoms with E-state index in [4.69, 9.17) is 0 Å². The summed E-state index contributed by atoms with van der Waals surface area (Å²) in [5.41, 5.74) is 2.61. The highest BCUT2D eigenvalue weighted by Crippen LogP contribution is 2.17. The molecule has 0 aliphatic carbocycles. The summed E-state index contributed by atoms with van der Waals surface area (Å²) in [6, 6.07) is 16.6. The molecule has 4 nitrogen and oxygen atoms in total. The first-order valence-electron chi connectivity index (χ1n) is 7.39. The molecule has 0 bridgehead atoms. The minimum Gasteiger partial charge on any atom is -0.348 e. The first-order valence-corrected chi connectivity index (χ1v) is 7.39. The lowest BCUT2D eigenvalue weighted by Crippen LogP contribution is -2.51. The number of hydrogen-bond acceptors (Lipinski definition) is 2. The molecule has 2 unspecified atom stereocenters. The van der Waals surface area contributed by atoms with E-state index in [1.165, 1.54) is 0 Å². The molecule has 1 heterocycles. The molecule has 2 atom stereocenters. The van der Waals surface area contributed by atoms with Gasteiger partial charge in [0.15, 0.2) is 0 Å². The van der Waals surface area contributed by atoms with Crippen LogP contribution in [0.3, 0.4) is 0 Å². The number of benzene rings is 2. The molecular formula is C18H18N2O2. The molecule has 0 saturated carbocycles. The van der Waals surface area contributed by atoms with E-state index in [0.717, 1.165) is 11.1 Å². The van der Waals surface area contributed by atoms with Crippen LogP contribution in [0.1, 0.15) is 34.5 Å². The number of nitrogens with one attached hydrogen (secondary N) is 2. The van der Waals surface area contributed by atoms with Gasteiger partial charge >= 0.3 is 0 Å². The molecule has 112 valence electrons. The number of fused-ring (bicyclic) bond motifs is 1. The van der Waals surface area contributed by atoms with Crippen molar-refractivity contribution in [1.82, 2.24) is 10.6 Å². The van der Waals surface area contributed by atoms with E-state index in [-0.39, 0.29) is 17.9 Å². The number of rotatable bonds is 3. The smallest absolute Gasteiger partial charge is 0.252 e.